The van der Waals surface area contributed by atoms with Crippen molar-refractivity contribution in [3.05, 3.63) is 88.5 Å². The molecule has 9 nitrogen and oxygen atoms in total. The normalized spacial score (nSPS) is 27.1. The van der Waals surface area contributed by atoms with E-state index < -0.39 is 35.0 Å². The second-order valence-electron chi connectivity index (χ2n) is 14.9. The van der Waals surface area contributed by atoms with Gasteiger partial charge in [-0.3, -0.25) is 28.8 Å². The molecule has 2 aromatic heterocycles. The number of rotatable bonds is 5. The molecule has 3 fully saturated rings. The summed E-state index contributed by atoms with van der Waals surface area (Å²) in [6, 6.07) is 18.6. The number of amides is 4. The molecule has 9 rings (SSSR count). The van der Waals surface area contributed by atoms with Crippen molar-refractivity contribution in [2.45, 2.75) is 46.0 Å². The molecule has 0 bridgehead atoms. The third-order valence-electron chi connectivity index (χ3n) is 12.3. The number of thiophene rings is 1. The molecular formula is C41H37ClN4O5S. The van der Waals surface area contributed by atoms with Crippen molar-refractivity contribution in [1.82, 2.24) is 14.7 Å². The van der Waals surface area contributed by atoms with Crippen molar-refractivity contribution in [1.29, 1.82) is 0 Å². The number of carbonyl (C=O) groups excluding carboxylic acids is 4. The van der Waals surface area contributed by atoms with Crippen LogP contribution in [0.25, 0.3) is 31.4 Å². The molecule has 5 aromatic rings. The molecule has 52 heavy (non-hydrogen) atoms. The van der Waals surface area contributed by atoms with Crippen molar-refractivity contribution in [3.8, 4) is 16.3 Å². The lowest BCUT2D eigenvalue weighted by molar-refractivity contribution is -0.140. The number of carbonyl (C=O) groups is 4. The maximum absolute atomic E-state index is 15.2. The smallest absolute Gasteiger partial charge is 0.242 e. The fraction of sp³-hybridized carbons (Fsp3) is 0.341. The number of halogens is 1. The standard InChI is InChI=1S/C41H37ClN4O5S/c1-5-16-45-37(48)26-12-11-25-28(34(26)39(45)50)18-29-38(49)46(33-19-30(43-44(33)4)36-20(2)27-17-21(42)10-15-32(27)52-36)40(51)41(29,3)35(25)24-13-14-31(47)23-9-7-6-8-22(23)24/h6-11,13-15,17,19,26,28-29,34-35,47H,5,12,16,18H2,1-4H3. The molecule has 4 aliphatic rings. The number of nitrogens with zero attached hydrogens (tertiary/aromatic N) is 4. The summed E-state index contributed by atoms with van der Waals surface area (Å²) in [7, 11) is 1.74. The number of anilines is 1. The molecule has 2 aliphatic carbocycles. The van der Waals surface area contributed by atoms with Crippen molar-refractivity contribution in [2.75, 3.05) is 11.4 Å². The number of hydrogen-bond donors (Lipinski definition) is 1. The van der Waals surface area contributed by atoms with Crippen LogP contribution in [0.3, 0.4) is 0 Å². The lowest BCUT2D eigenvalue weighted by atomic mass is 9.51. The molecule has 4 heterocycles. The predicted octanol–water partition coefficient (Wildman–Crippen LogP) is 7.76. The number of phenolic OH excluding ortho intramolecular Hbond substituents is 1. The summed E-state index contributed by atoms with van der Waals surface area (Å²) < 4.78 is 2.66. The van der Waals surface area contributed by atoms with Gasteiger partial charge in [-0.1, -0.05) is 60.5 Å². The highest BCUT2D eigenvalue weighted by molar-refractivity contribution is 7.22. The number of aromatic hydroxyl groups is 1. The number of allylic oxidation sites excluding steroid dienone is 2. The molecule has 2 aliphatic heterocycles. The maximum atomic E-state index is 15.2. The van der Waals surface area contributed by atoms with Crippen molar-refractivity contribution >= 4 is 73.2 Å². The van der Waals surface area contributed by atoms with E-state index in [1.165, 1.54) is 9.80 Å². The molecule has 0 spiro atoms. The highest BCUT2D eigenvalue weighted by atomic mass is 35.5. The van der Waals surface area contributed by atoms with Gasteiger partial charge in [0.15, 0.2) is 0 Å². The van der Waals surface area contributed by atoms with Crippen LogP contribution in [0.4, 0.5) is 5.82 Å². The van der Waals surface area contributed by atoms with E-state index in [9.17, 15) is 19.5 Å². The molecule has 1 N–H and O–H groups in total. The maximum Gasteiger partial charge on any atom is 0.242 e. The third-order valence-corrected chi connectivity index (χ3v) is 13.8. The van der Waals surface area contributed by atoms with Gasteiger partial charge in [-0.05, 0) is 85.2 Å². The molecule has 1 saturated carbocycles. The van der Waals surface area contributed by atoms with Crippen LogP contribution >= 0.6 is 22.9 Å². The minimum atomic E-state index is -1.23. The Bertz CT molecular complexity index is 2450. The predicted molar refractivity (Wildman–Crippen MR) is 201 cm³/mol. The monoisotopic (exact) mass is 732 g/mol. The van der Waals surface area contributed by atoms with Gasteiger partial charge in [0.2, 0.25) is 23.6 Å². The lowest BCUT2D eigenvalue weighted by Gasteiger charge is -2.49. The van der Waals surface area contributed by atoms with Crippen molar-refractivity contribution in [3.63, 3.8) is 0 Å². The molecular weight excluding hydrogens is 696 g/mol. The van der Waals surface area contributed by atoms with Gasteiger partial charge < -0.3 is 5.11 Å². The first-order valence-electron chi connectivity index (χ1n) is 17.8. The van der Waals surface area contributed by atoms with Gasteiger partial charge >= 0.3 is 0 Å². The Kier molecular flexibility index (Phi) is 7.38. The molecule has 11 heteroatoms. The van der Waals surface area contributed by atoms with E-state index in [4.69, 9.17) is 16.7 Å². The molecule has 4 amide bonds. The topological polar surface area (TPSA) is 113 Å². The largest absolute Gasteiger partial charge is 0.507 e. The van der Waals surface area contributed by atoms with E-state index in [1.807, 2.05) is 75.4 Å². The summed E-state index contributed by atoms with van der Waals surface area (Å²) in [5, 5.41) is 18.8. The number of fused-ring (bicyclic) bond motifs is 6. The van der Waals surface area contributed by atoms with Crippen LogP contribution in [0.5, 0.6) is 5.75 Å². The first-order chi connectivity index (χ1) is 24.9. The van der Waals surface area contributed by atoms with Crippen LogP contribution in [-0.4, -0.2) is 50.0 Å². The van der Waals surface area contributed by atoms with Gasteiger partial charge in [0, 0.05) is 40.7 Å². The Morgan fingerprint density at radius 1 is 0.962 bits per heavy atom. The number of imide groups is 2. The summed E-state index contributed by atoms with van der Waals surface area (Å²) in [5.41, 5.74) is 2.17. The van der Waals surface area contributed by atoms with Gasteiger partial charge in [0.1, 0.15) is 17.3 Å². The zero-order valence-electron chi connectivity index (χ0n) is 29.2. The van der Waals surface area contributed by atoms with Crippen LogP contribution in [0.1, 0.15) is 50.2 Å². The number of hydrogen-bond acceptors (Lipinski definition) is 7. The average molecular weight is 733 g/mol. The van der Waals surface area contributed by atoms with Gasteiger partial charge in [0.05, 0.1) is 28.0 Å². The van der Waals surface area contributed by atoms with Crippen LogP contribution in [0.15, 0.2) is 72.3 Å². The van der Waals surface area contributed by atoms with E-state index in [0.717, 1.165) is 37.0 Å². The van der Waals surface area contributed by atoms with Crippen LogP contribution in [0.2, 0.25) is 5.02 Å². The highest BCUT2D eigenvalue weighted by Crippen LogP contribution is 2.64. The van der Waals surface area contributed by atoms with E-state index >= 15 is 4.79 Å². The molecule has 0 radical (unpaired) electrons. The molecule has 3 aromatic carbocycles. The first kappa shape index (κ1) is 33.1. The Hall–Kier alpha value is -4.80. The number of phenols is 1. The summed E-state index contributed by atoms with van der Waals surface area (Å²) >= 11 is 7.91. The van der Waals surface area contributed by atoms with E-state index in [1.54, 1.807) is 29.1 Å². The Balaban J connectivity index is 1.20. The average Bonchev–Trinajstić information content (AvgIpc) is 3.80. The minimum Gasteiger partial charge on any atom is -0.507 e. The van der Waals surface area contributed by atoms with Crippen LogP contribution < -0.4 is 4.90 Å². The van der Waals surface area contributed by atoms with Gasteiger partial charge in [0.25, 0.3) is 0 Å². The van der Waals surface area contributed by atoms with Crippen molar-refractivity contribution in [2.24, 2.45) is 36.1 Å². The van der Waals surface area contributed by atoms with E-state index in [2.05, 4.69) is 6.08 Å². The fourth-order valence-electron chi connectivity index (χ4n) is 9.86. The summed E-state index contributed by atoms with van der Waals surface area (Å²) in [6.45, 7) is 6.21. The molecule has 6 atom stereocenters. The zero-order valence-corrected chi connectivity index (χ0v) is 30.8. The van der Waals surface area contributed by atoms with Gasteiger partial charge in [-0.25, -0.2) is 4.90 Å². The Morgan fingerprint density at radius 2 is 1.73 bits per heavy atom. The zero-order chi connectivity index (χ0) is 36.4. The number of likely N-dealkylation sites (tertiary alicyclic amines) is 1. The second-order valence-corrected chi connectivity index (χ2v) is 16.4. The summed E-state index contributed by atoms with van der Waals surface area (Å²) in [5.74, 6) is -3.35. The number of aromatic nitrogens is 2. The van der Waals surface area contributed by atoms with E-state index in [0.29, 0.717) is 41.3 Å². The first-order valence-corrected chi connectivity index (χ1v) is 19.0. The molecule has 6 unspecified atom stereocenters. The minimum absolute atomic E-state index is 0.120. The SMILES string of the molecule is CCCN1C(=O)C2CC=C3C(CC4C(=O)N(c5cc(-c6sc7ccc(Cl)cc7c6C)nn5C)C(=O)C4(C)C3c3ccc(O)c4ccccc34)C2C1=O. The lowest BCUT2D eigenvalue weighted by Crippen LogP contribution is -2.49. The van der Waals surface area contributed by atoms with Gasteiger partial charge in [-0.15, -0.1) is 11.3 Å². The van der Waals surface area contributed by atoms with Crippen molar-refractivity contribution < 1.29 is 24.3 Å². The van der Waals surface area contributed by atoms with Gasteiger partial charge in [-0.2, -0.15) is 5.10 Å². The van der Waals surface area contributed by atoms with E-state index in [-0.39, 0.29) is 35.8 Å². The third kappa shape index (κ3) is 4.37. The fourth-order valence-corrected chi connectivity index (χ4v) is 11.2. The Morgan fingerprint density at radius 3 is 2.50 bits per heavy atom. The number of aryl methyl sites for hydroxylation is 2. The highest BCUT2D eigenvalue weighted by Gasteiger charge is 2.68. The van der Waals surface area contributed by atoms with Crippen LogP contribution in [-0.2, 0) is 26.2 Å². The molecule has 2 saturated heterocycles. The molecule has 264 valence electrons. The summed E-state index contributed by atoms with van der Waals surface area (Å²) in [4.78, 5) is 61.4. The summed E-state index contributed by atoms with van der Waals surface area (Å²) in [6.07, 6.45) is 3.40. The quantitative estimate of drug-likeness (QED) is 0.146. The Labute approximate surface area is 309 Å². The number of benzene rings is 3. The second kappa shape index (κ2) is 11.6. The van der Waals surface area contributed by atoms with Crippen LogP contribution in [0, 0.1) is 36.0 Å².